The van der Waals surface area contributed by atoms with Crippen molar-refractivity contribution in [2.75, 3.05) is 0 Å². The number of fused-ring (bicyclic) bond motifs is 1. The number of aromatic amines is 1. The maximum Gasteiger partial charge on any atom is 0.433 e. The molecule has 1 aromatic carbocycles. The molecule has 1 aliphatic carbocycles. The number of halogens is 3. The van der Waals surface area contributed by atoms with Crippen LogP contribution >= 0.6 is 0 Å². The molecule has 37 heavy (non-hydrogen) atoms. The minimum atomic E-state index is -4.53. The summed E-state index contributed by atoms with van der Waals surface area (Å²) < 4.78 is 41.2. The molecule has 192 valence electrons. The fourth-order valence-corrected chi connectivity index (χ4v) is 4.86. The Morgan fingerprint density at radius 3 is 2.54 bits per heavy atom. The number of nitrogens with one attached hydrogen (secondary N) is 2. The SMILES string of the molecule is Cc1cc(C)c(CNC(=O)c2cc(-c3ccc(C(F)(F)F)nc3)cc3c2ccn3CC2CCC2)c(=O)[nH]1. The molecule has 3 heterocycles. The first kappa shape index (κ1) is 24.8. The Balaban J connectivity index is 1.52. The molecule has 3 aromatic heterocycles. The van der Waals surface area contributed by atoms with E-state index in [0.29, 0.717) is 28.2 Å². The smallest absolute Gasteiger partial charge is 0.348 e. The summed E-state index contributed by atoms with van der Waals surface area (Å²) in [5.74, 6) is 0.202. The molecule has 0 saturated heterocycles. The van der Waals surface area contributed by atoms with Crippen LogP contribution in [0.1, 0.15) is 52.1 Å². The number of hydrogen-bond acceptors (Lipinski definition) is 3. The standard InChI is InChI=1S/C28H27F3N4O2/c1-16-10-17(2)34-27(37)23(16)14-33-26(36)22-11-20(19-6-7-25(32-13-19)28(29,30)31)12-24-21(22)8-9-35(24)15-18-4-3-5-18/h6-13,18H,3-5,14-15H2,1-2H3,(H,33,36)(H,34,37). The molecule has 4 aromatic rings. The van der Waals surface area contributed by atoms with Crippen LogP contribution in [0.3, 0.4) is 0 Å². The third-order valence-corrected chi connectivity index (χ3v) is 7.12. The van der Waals surface area contributed by atoms with Gasteiger partial charge in [-0.15, -0.1) is 0 Å². The molecule has 9 heteroatoms. The van der Waals surface area contributed by atoms with Crippen LogP contribution in [0.25, 0.3) is 22.0 Å². The molecule has 2 N–H and O–H groups in total. The van der Waals surface area contributed by atoms with Crippen LogP contribution in [0.5, 0.6) is 0 Å². The number of benzene rings is 1. The van der Waals surface area contributed by atoms with Crippen LogP contribution in [0.2, 0.25) is 0 Å². The number of amides is 1. The normalized spacial score (nSPS) is 14.1. The lowest BCUT2D eigenvalue weighted by Gasteiger charge is -2.26. The van der Waals surface area contributed by atoms with Gasteiger partial charge < -0.3 is 14.9 Å². The number of nitrogens with zero attached hydrogens (tertiary/aromatic N) is 2. The van der Waals surface area contributed by atoms with Crippen molar-refractivity contribution in [3.05, 3.63) is 87.2 Å². The summed E-state index contributed by atoms with van der Waals surface area (Å²) in [5.41, 5.74) is 3.07. The summed E-state index contributed by atoms with van der Waals surface area (Å²) >= 11 is 0. The maximum atomic E-state index is 13.4. The van der Waals surface area contributed by atoms with Crippen molar-refractivity contribution in [3.63, 3.8) is 0 Å². The zero-order chi connectivity index (χ0) is 26.3. The van der Waals surface area contributed by atoms with Crippen LogP contribution in [-0.2, 0) is 19.3 Å². The highest BCUT2D eigenvalue weighted by Crippen LogP contribution is 2.34. The van der Waals surface area contributed by atoms with Crippen LogP contribution in [-0.4, -0.2) is 20.4 Å². The van der Waals surface area contributed by atoms with Gasteiger partial charge in [0.05, 0.1) is 0 Å². The van der Waals surface area contributed by atoms with Crippen molar-refractivity contribution in [1.29, 1.82) is 0 Å². The van der Waals surface area contributed by atoms with E-state index in [-0.39, 0.29) is 18.0 Å². The van der Waals surface area contributed by atoms with E-state index in [1.165, 1.54) is 18.7 Å². The first-order valence-corrected chi connectivity index (χ1v) is 12.2. The van der Waals surface area contributed by atoms with Crippen molar-refractivity contribution in [1.82, 2.24) is 19.9 Å². The minimum Gasteiger partial charge on any atom is -0.348 e. The molecule has 1 amide bonds. The van der Waals surface area contributed by atoms with E-state index in [1.54, 1.807) is 13.0 Å². The second-order valence-electron chi connectivity index (χ2n) is 9.78. The molecule has 6 nitrogen and oxygen atoms in total. The summed E-state index contributed by atoms with van der Waals surface area (Å²) in [6.07, 6.45) is 2.11. The second kappa shape index (κ2) is 9.53. The average molecular weight is 509 g/mol. The Hall–Kier alpha value is -3.88. The number of carbonyl (C=O) groups is 1. The first-order valence-electron chi connectivity index (χ1n) is 12.2. The van der Waals surface area contributed by atoms with Gasteiger partial charge in [0, 0.05) is 58.8 Å². The number of alkyl halides is 3. The third kappa shape index (κ3) is 5.03. The van der Waals surface area contributed by atoms with Gasteiger partial charge in [-0.1, -0.05) is 12.5 Å². The van der Waals surface area contributed by atoms with Crippen molar-refractivity contribution < 1.29 is 18.0 Å². The monoisotopic (exact) mass is 508 g/mol. The molecule has 5 rings (SSSR count). The predicted molar refractivity (Wildman–Crippen MR) is 135 cm³/mol. The van der Waals surface area contributed by atoms with Gasteiger partial charge >= 0.3 is 6.18 Å². The molecule has 1 aliphatic rings. The fourth-order valence-electron chi connectivity index (χ4n) is 4.86. The maximum absolute atomic E-state index is 13.4. The van der Waals surface area contributed by atoms with Gasteiger partial charge in [-0.25, -0.2) is 0 Å². The predicted octanol–water partition coefficient (Wildman–Crippen LogP) is 5.76. The van der Waals surface area contributed by atoms with E-state index in [2.05, 4.69) is 19.9 Å². The van der Waals surface area contributed by atoms with Gasteiger partial charge in [0.25, 0.3) is 11.5 Å². The molecule has 0 radical (unpaired) electrons. The zero-order valence-corrected chi connectivity index (χ0v) is 20.6. The van der Waals surface area contributed by atoms with Crippen molar-refractivity contribution >= 4 is 16.8 Å². The summed E-state index contributed by atoms with van der Waals surface area (Å²) in [6.45, 7) is 4.48. The zero-order valence-electron chi connectivity index (χ0n) is 20.6. The van der Waals surface area contributed by atoms with E-state index in [4.69, 9.17) is 0 Å². The van der Waals surface area contributed by atoms with Gasteiger partial charge in [0.15, 0.2) is 0 Å². The Morgan fingerprint density at radius 2 is 1.92 bits per heavy atom. The highest BCUT2D eigenvalue weighted by molar-refractivity contribution is 6.08. The highest BCUT2D eigenvalue weighted by atomic mass is 19.4. The van der Waals surface area contributed by atoms with Crippen molar-refractivity contribution in [2.24, 2.45) is 5.92 Å². The summed E-state index contributed by atoms with van der Waals surface area (Å²) in [7, 11) is 0. The van der Waals surface area contributed by atoms with Crippen LogP contribution < -0.4 is 10.9 Å². The lowest BCUT2D eigenvalue weighted by molar-refractivity contribution is -0.141. The van der Waals surface area contributed by atoms with E-state index in [0.717, 1.165) is 47.6 Å². The van der Waals surface area contributed by atoms with Gasteiger partial charge in [0.2, 0.25) is 0 Å². The van der Waals surface area contributed by atoms with Gasteiger partial charge in [-0.2, -0.15) is 13.2 Å². The van der Waals surface area contributed by atoms with Gasteiger partial charge in [0.1, 0.15) is 5.69 Å². The second-order valence-corrected chi connectivity index (χ2v) is 9.78. The van der Waals surface area contributed by atoms with Crippen LogP contribution in [0.15, 0.2) is 53.6 Å². The van der Waals surface area contributed by atoms with E-state index in [1.807, 2.05) is 31.3 Å². The number of hydrogen-bond donors (Lipinski definition) is 2. The summed E-state index contributed by atoms with van der Waals surface area (Å²) in [6, 6.07) is 9.61. The third-order valence-electron chi connectivity index (χ3n) is 7.12. The molecule has 0 spiro atoms. The van der Waals surface area contributed by atoms with E-state index >= 15 is 0 Å². The lowest BCUT2D eigenvalue weighted by Crippen LogP contribution is -2.28. The van der Waals surface area contributed by atoms with Crippen LogP contribution in [0.4, 0.5) is 13.2 Å². The van der Waals surface area contributed by atoms with E-state index < -0.39 is 11.9 Å². The molecule has 0 aliphatic heterocycles. The quantitative estimate of drug-likeness (QED) is 0.348. The van der Waals surface area contributed by atoms with E-state index in [9.17, 15) is 22.8 Å². The first-order chi connectivity index (χ1) is 17.6. The number of pyridine rings is 2. The highest BCUT2D eigenvalue weighted by Gasteiger charge is 2.32. The largest absolute Gasteiger partial charge is 0.433 e. The molecule has 0 atom stereocenters. The average Bonchev–Trinajstić information content (AvgIpc) is 3.22. The Kier molecular flexibility index (Phi) is 6.39. The minimum absolute atomic E-state index is 0.0522. The van der Waals surface area contributed by atoms with Gasteiger partial charge in [-0.05, 0) is 74.1 Å². The molecular weight excluding hydrogens is 481 g/mol. The fraction of sp³-hybridized carbons (Fsp3) is 0.321. The van der Waals surface area contributed by atoms with Crippen molar-refractivity contribution in [3.8, 4) is 11.1 Å². The Labute approximate surface area is 211 Å². The number of carbonyl (C=O) groups excluding carboxylic acids is 1. The number of rotatable bonds is 6. The number of aromatic nitrogens is 3. The topological polar surface area (TPSA) is 79.8 Å². The molecule has 0 bridgehead atoms. The summed E-state index contributed by atoms with van der Waals surface area (Å²) in [4.78, 5) is 32.1. The van der Waals surface area contributed by atoms with Gasteiger partial charge in [-0.3, -0.25) is 14.6 Å². The molecule has 1 saturated carbocycles. The number of aryl methyl sites for hydroxylation is 2. The number of H-pyrrole nitrogens is 1. The summed E-state index contributed by atoms with van der Waals surface area (Å²) in [5, 5.41) is 3.60. The van der Waals surface area contributed by atoms with Crippen molar-refractivity contribution in [2.45, 2.75) is 52.4 Å². The Morgan fingerprint density at radius 1 is 1.14 bits per heavy atom. The van der Waals surface area contributed by atoms with Crippen LogP contribution in [0, 0.1) is 19.8 Å². The Bertz CT molecular complexity index is 1530. The molecular formula is C28H27F3N4O2. The lowest BCUT2D eigenvalue weighted by atomic mass is 9.85. The molecule has 1 fully saturated rings. The molecule has 0 unspecified atom stereocenters.